The highest BCUT2D eigenvalue weighted by atomic mass is 16.3. The zero-order chi connectivity index (χ0) is 14.4. The maximum absolute atomic E-state index is 9.79. The van der Waals surface area contributed by atoms with E-state index in [-0.39, 0.29) is 6.10 Å². The van der Waals surface area contributed by atoms with Gasteiger partial charge in [-0.25, -0.2) is 0 Å². The van der Waals surface area contributed by atoms with E-state index in [4.69, 9.17) is 0 Å². The molecule has 0 amide bonds. The number of hydrogen-bond acceptors (Lipinski definition) is 3. The fraction of sp³-hybridized carbons (Fsp3) is 0.353. The van der Waals surface area contributed by atoms with Crippen molar-refractivity contribution in [2.75, 3.05) is 18.5 Å². The van der Waals surface area contributed by atoms with Crippen LogP contribution < -0.4 is 4.90 Å². The lowest BCUT2D eigenvalue weighted by atomic mass is 10.1. The maximum atomic E-state index is 9.79. The first kappa shape index (κ1) is 14.5. The standard InChI is InChI=1S/C17H22N2O/c1-3-17(20)15-4-6-16(7-5-15)19(2)13-10-14-8-11-18-12-9-14/h4-9,11-12,17,20H,3,10,13H2,1-2H3. The third-order valence-electron chi connectivity index (χ3n) is 3.59. The lowest BCUT2D eigenvalue weighted by Crippen LogP contribution is -2.20. The van der Waals surface area contributed by atoms with Gasteiger partial charge in [-0.15, -0.1) is 0 Å². The molecule has 2 rings (SSSR count). The Balaban J connectivity index is 1.94. The highest BCUT2D eigenvalue weighted by Gasteiger charge is 2.06. The summed E-state index contributed by atoms with van der Waals surface area (Å²) in [6, 6.07) is 12.3. The number of likely N-dealkylation sites (N-methyl/N-ethyl adjacent to an activating group) is 1. The maximum Gasteiger partial charge on any atom is 0.0787 e. The van der Waals surface area contributed by atoms with Crippen LogP contribution in [0, 0.1) is 0 Å². The van der Waals surface area contributed by atoms with Gasteiger partial charge >= 0.3 is 0 Å². The smallest absolute Gasteiger partial charge is 0.0787 e. The van der Waals surface area contributed by atoms with Crippen LogP contribution in [0.5, 0.6) is 0 Å². The summed E-state index contributed by atoms with van der Waals surface area (Å²) in [7, 11) is 2.09. The van der Waals surface area contributed by atoms with Gasteiger partial charge < -0.3 is 10.0 Å². The minimum atomic E-state index is -0.355. The van der Waals surface area contributed by atoms with Crippen molar-refractivity contribution in [2.24, 2.45) is 0 Å². The van der Waals surface area contributed by atoms with E-state index in [0.717, 1.165) is 24.9 Å². The second-order valence-electron chi connectivity index (χ2n) is 5.04. The van der Waals surface area contributed by atoms with Crippen molar-refractivity contribution < 1.29 is 5.11 Å². The molecule has 3 nitrogen and oxygen atoms in total. The Morgan fingerprint density at radius 1 is 1.10 bits per heavy atom. The van der Waals surface area contributed by atoms with E-state index in [1.165, 1.54) is 11.3 Å². The summed E-state index contributed by atoms with van der Waals surface area (Å²) in [5.74, 6) is 0. The molecule has 3 heteroatoms. The number of aromatic nitrogens is 1. The Labute approximate surface area is 120 Å². The fourth-order valence-electron chi connectivity index (χ4n) is 2.16. The van der Waals surface area contributed by atoms with Gasteiger partial charge in [-0.3, -0.25) is 4.98 Å². The van der Waals surface area contributed by atoms with Crippen LogP contribution in [0.1, 0.15) is 30.6 Å². The van der Waals surface area contributed by atoms with Crippen LogP contribution in [0.15, 0.2) is 48.8 Å². The molecule has 2 aromatic rings. The SMILES string of the molecule is CCC(O)c1ccc(N(C)CCc2ccncc2)cc1. The molecular weight excluding hydrogens is 248 g/mol. The Bertz CT molecular complexity index is 510. The Morgan fingerprint density at radius 2 is 1.75 bits per heavy atom. The van der Waals surface area contributed by atoms with Gasteiger partial charge in [-0.1, -0.05) is 19.1 Å². The first-order valence-electron chi connectivity index (χ1n) is 7.08. The number of pyridine rings is 1. The summed E-state index contributed by atoms with van der Waals surface area (Å²) in [4.78, 5) is 6.25. The van der Waals surface area contributed by atoms with Crippen LogP contribution >= 0.6 is 0 Å². The summed E-state index contributed by atoms with van der Waals surface area (Å²) < 4.78 is 0. The summed E-state index contributed by atoms with van der Waals surface area (Å²) in [5.41, 5.74) is 3.45. The van der Waals surface area contributed by atoms with Crippen molar-refractivity contribution in [3.8, 4) is 0 Å². The summed E-state index contributed by atoms with van der Waals surface area (Å²) in [6.07, 6.45) is 5.05. The van der Waals surface area contributed by atoms with Gasteiger partial charge in [0.2, 0.25) is 0 Å². The molecule has 0 spiro atoms. The topological polar surface area (TPSA) is 36.4 Å². The Kier molecular flexibility index (Phi) is 5.13. The molecule has 0 bridgehead atoms. The predicted octanol–water partition coefficient (Wildman–Crippen LogP) is 3.20. The number of rotatable bonds is 6. The molecule has 1 unspecified atom stereocenters. The average Bonchev–Trinajstić information content (AvgIpc) is 2.53. The van der Waals surface area contributed by atoms with Crippen molar-refractivity contribution in [1.29, 1.82) is 0 Å². The van der Waals surface area contributed by atoms with Gasteiger partial charge in [0.15, 0.2) is 0 Å². The van der Waals surface area contributed by atoms with Crippen LogP contribution in [0.4, 0.5) is 5.69 Å². The molecule has 0 saturated heterocycles. The fourth-order valence-corrected chi connectivity index (χ4v) is 2.16. The van der Waals surface area contributed by atoms with Gasteiger partial charge in [0, 0.05) is 31.7 Å². The molecule has 0 radical (unpaired) electrons. The van der Waals surface area contributed by atoms with Crippen molar-refractivity contribution in [1.82, 2.24) is 4.98 Å². The quantitative estimate of drug-likeness (QED) is 0.875. The Hall–Kier alpha value is -1.87. The van der Waals surface area contributed by atoms with Crippen LogP contribution in [-0.4, -0.2) is 23.7 Å². The van der Waals surface area contributed by atoms with Crippen LogP contribution in [0.2, 0.25) is 0 Å². The molecule has 0 aliphatic rings. The molecule has 20 heavy (non-hydrogen) atoms. The first-order chi connectivity index (χ1) is 9.70. The molecule has 0 aliphatic carbocycles. The van der Waals surface area contributed by atoms with Gasteiger partial charge in [0.05, 0.1) is 6.10 Å². The number of anilines is 1. The molecule has 1 atom stereocenters. The third-order valence-corrected chi connectivity index (χ3v) is 3.59. The highest BCUT2D eigenvalue weighted by molar-refractivity contribution is 5.47. The number of hydrogen-bond donors (Lipinski definition) is 1. The van der Waals surface area contributed by atoms with Crippen molar-refractivity contribution in [3.05, 3.63) is 59.9 Å². The minimum Gasteiger partial charge on any atom is -0.388 e. The molecule has 0 fully saturated rings. The van der Waals surface area contributed by atoms with Crippen LogP contribution in [0.25, 0.3) is 0 Å². The molecule has 0 aliphatic heterocycles. The van der Waals surface area contributed by atoms with E-state index < -0.39 is 0 Å². The summed E-state index contributed by atoms with van der Waals surface area (Å²) >= 11 is 0. The van der Waals surface area contributed by atoms with Gasteiger partial charge in [-0.2, -0.15) is 0 Å². The van der Waals surface area contributed by atoms with Gasteiger partial charge in [0.25, 0.3) is 0 Å². The number of nitrogens with zero attached hydrogens (tertiary/aromatic N) is 2. The third kappa shape index (κ3) is 3.81. The molecule has 1 heterocycles. The van der Waals surface area contributed by atoms with Crippen molar-refractivity contribution >= 4 is 5.69 Å². The monoisotopic (exact) mass is 270 g/mol. The zero-order valence-electron chi connectivity index (χ0n) is 12.2. The second kappa shape index (κ2) is 7.06. The van der Waals surface area contributed by atoms with E-state index in [9.17, 15) is 5.11 Å². The molecule has 1 aromatic carbocycles. The number of aliphatic hydroxyl groups excluding tert-OH is 1. The lowest BCUT2D eigenvalue weighted by Gasteiger charge is -2.20. The van der Waals surface area contributed by atoms with Crippen molar-refractivity contribution in [3.63, 3.8) is 0 Å². The predicted molar refractivity (Wildman–Crippen MR) is 82.9 cm³/mol. The van der Waals surface area contributed by atoms with Gasteiger partial charge in [-0.05, 0) is 48.2 Å². The zero-order valence-corrected chi connectivity index (χ0v) is 12.2. The largest absolute Gasteiger partial charge is 0.388 e. The average molecular weight is 270 g/mol. The summed E-state index contributed by atoms with van der Waals surface area (Å²) in [6.45, 7) is 2.94. The highest BCUT2D eigenvalue weighted by Crippen LogP contribution is 2.20. The van der Waals surface area contributed by atoms with Crippen LogP contribution in [-0.2, 0) is 6.42 Å². The Morgan fingerprint density at radius 3 is 2.35 bits per heavy atom. The molecule has 1 aromatic heterocycles. The molecule has 106 valence electrons. The molecule has 1 N–H and O–H groups in total. The summed E-state index contributed by atoms with van der Waals surface area (Å²) in [5, 5.41) is 9.79. The van der Waals surface area contributed by atoms with E-state index in [1.54, 1.807) is 0 Å². The van der Waals surface area contributed by atoms with E-state index in [1.807, 2.05) is 31.5 Å². The van der Waals surface area contributed by atoms with E-state index in [2.05, 4.69) is 41.2 Å². The molecule has 0 saturated carbocycles. The number of aliphatic hydroxyl groups is 1. The minimum absolute atomic E-state index is 0.355. The van der Waals surface area contributed by atoms with Crippen LogP contribution in [0.3, 0.4) is 0 Å². The number of benzene rings is 1. The van der Waals surface area contributed by atoms with Gasteiger partial charge in [0.1, 0.15) is 0 Å². The molecular formula is C17H22N2O. The second-order valence-corrected chi connectivity index (χ2v) is 5.04. The first-order valence-corrected chi connectivity index (χ1v) is 7.08. The van der Waals surface area contributed by atoms with Crippen molar-refractivity contribution in [2.45, 2.75) is 25.9 Å². The lowest BCUT2D eigenvalue weighted by molar-refractivity contribution is 0.173. The van der Waals surface area contributed by atoms with E-state index in [0.29, 0.717) is 0 Å². The van der Waals surface area contributed by atoms with E-state index >= 15 is 0 Å². The normalized spacial score (nSPS) is 12.2.